The molecule has 13 heteroatoms. The lowest BCUT2D eigenvalue weighted by Crippen LogP contribution is -2.31. The van der Waals surface area contributed by atoms with Gasteiger partial charge in [0.2, 0.25) is 0 Å². The summed E-state index contributed by atoms with van der Waals surface area (Å²) in [7, 11) is 0. The summed E-state index contributed by atoms with van der Waals surface area (Å²) in [5.74, 6) is -4.55. The second-order valence-corrected chi connectivity index (χ2v) is 5.24. The molecular formula is C13H7ClF6N4O2. The fourth-order valence-corrected chi connectivity index (χ4v) is 2.21. The molecule has 0 saturated carbocycles. The van der Waals surface area contributed by atoms with Crippen molar-refractivity contribution in [1.82, 2.24) is 10.2 Å². The summed E-state index contributed by atoms with van der Waals surface area (Å²) in [6.07, 6.45) is -9.95. The lowest BCUT2D eigenvalue weighted by Gasteiger charge is -2.10. The number of rotatable bonds is 3. The highest BCUT2D eigenvalue weighted by molar-refractivity contribution is 6.33. The summed E-state index contributed by atoms with van der Waals surface area (Å²) >= 11 is 5.77. The van der Waals surface area contributed by atoms with E-state index in [9.17, 15) is 35.9 Å². The Morgan fingerprint density at radius 2 is 1.77 bits per heavy atom. The molecule has 140 valence electrons. The zero-order valence-electron chi connectivity index (χ0n) is 12.2. The number of amides is 2. The second kappa shape index (κ2) is 6.52. The number of nitrogens with zero attached hydrogens (tertiary/aromatic N) is 1. The van der Waals surface area contributed by atoms with Crippen molar-refractivity contribution in [2.45, 2.75) is 12.4 Å². The Kier molecular flexibility index (Phi) is 4.90. The first-order valence-corrected chi connectivity index (χ1v) is 6.83. The molecule has 2 aromatic rings. The molecule has 0 aliphatic heterocycles. The van der Waals surface area contributed by atoms with Crippen LogP contribution in [0.1, 0.15) is 15.9 Å². The number of alkyl halides is 6. The number of carbonyl (C=O) groups is 2. The van der Waals surface area contributed by atoms with Gasteiger partial charge in [0.15, 0.2) is 5.82 Å². The Labute approximate surface area is 145 Å². The number of hydrogen-bond donors (Lipinski definition) is 3. The fourth-order valence-electron chi connectivity index (χ4n) is 1.94. The van der Waals surface area contributed by atoms with E-state index < -0.39 is 46.1 Å². The zero-order valence-corrected chi connectivity index (χ0v) is 13.0. The Bertz CT molecular complexity index is 874. The maximum atomic E-state index is 12.7. The van der Waals surface area contributed by atoms with Crippen LogP contribution in [0.15, 0.2) is 18.2 Å². The van der Waals surface area contributed by atoms with Gasteiger partial charge < -0.3 is 11.1 Å². The minimum atomic E-state index is -5.26. The van der Waals surface area contributed by atoms with Gasteiger partial charge in [0.05, 0.1) is 16.3 Å². The molecule has 1 heterocycles. The molecule has 0 atom stereocenters. The lowest BCUT2D eigenvalue weighted by atomic mass is 10.0. The molecule has 0 saturated heterocycles. The van der Waals surface area contributed by atoms with Crippen LogP contribution in [0.3, 0.4) is 0 Å². The average molecular weight is 401 g/mol. The van der Waals surface area contributed by atoms with Crippen LogP contribution in [-0.4, -0.2) is 28.2 Å². The van der Waals surface area contributed by atoms with Gasteiger partial charge in [-0.25, -0.2) is 0 Å². The summed E-state index contributed by atoms with van der Waals surface area (Å²) in [6, 6.07) is 2.07. The van der Waals surface area contributed by atoms with Crippen molar-refractivity contribution < 1.29 is 35.9 Å². The quantitative estimate of drug-likeness (QED) is 0.689. The van der Waals surface area contributed by atoms with Gasteiger partial charge in [-0.05, 0) is 12.1 Å². The fraction of sp³-hybridized carbons (Fsp3) is 0.154. The first-order chi connectivity index (χ1) is 11.8. The Morgan fingerprint density at radius 3 is 2.23 bits per heavy atom. The lowest BCUT2D eigenvalue weighted by molar-refractivity contribution is -0.167. The average Bonchev–Trinajstić information content (AvgIpc) is 2.88. The van der Waals surface area contributed by atoms with E-state index in [1.54, 1.807) is 0 Å². The van der Waals surface area contributed by atoms with Crippen LogP contribution in [0.4, 0.5) is 32.2 Å². The van der Waals surface area contributed by atoms with Gasteiger partial charge in [-0.15, -0.1) is 0 Å². The summed E-state index contributed by atoms with van der Waals surface area (Å²) in [4.78, 5) is 22.5. The normalized spacial score (nSPS) is 12.1. The minimum Gasteiger partial charge on any atom is -0.365 e. The Morgan fingerprint density at radius 1 is 1.15 bits per heavy atom. The van der Waals surface area contributed by atoms with Gasteiger partial charge in [-0.2, -0.15) is 31.4 Å². The molecule has 0 aliphatic rings. The van der Waals surface area contributed by atoms with Gasteiger partial charge in [0.1, 0.15) is 5.56 Å². The maximum Gasteiger partial charge on any atom is 0.471 e. The molecule has 0 bridgehead atoms. The van der Waals surface area contributed by atoms with Crippen molar-refractivity contribution in [2.75, 3.05) is 5.32 Å². The molecule has 1 aromatic carbocycles. The standard InChI is InChI=1S/C13H7ClF6N4O2/c14-6-3-4(12(15,16)17)1-2-5(6)8-7(9(21)25)10(24-23-8)22-11(26)13(18,19)20/h1-3H,(H2,21,25)(H2,22,23,24,26). The van der Waals surface area contributed by atoms with Gasteiger partial charge in [-0.1, -0.05) is 17.7 Å². The molecule has 4 N–H and O–H groups in total. The highest BCUT2D eigenvalue weighted by Gasteiger charge is 2.40. The van der Waals surface area contributed by atoms with Crippen LogP contribution in [0.25, 0.3) is 11.3 Å². The first-order valence-electron chi connectivity index (χ1n) is 6.46. The summed E-state index contributed by atoms with van der Waals surface area (Å²) in [5, 5.41) is 6.34. The monoisotopic (exact) mass is 400 g/mol. The van der Waals surface area contributed by atoms with Crippen molar-refractivity contribution in [1.29, 1.82) is 0 Å². The maximum absolute atomic E-state index is 12.7. The SMILES string of the molecule is NC(=O)c1c(NC(=O)C(F)(F)F)n[nH]c1-c1ccc(C(F)(F)F)cc1Cl. The highest BCUT2D eigenvalue weighted by atomic mass is 35.5. The van der Waals surface area contributed by atoms with Gasteiger partial charge in [0, 0.05) is 5.56 Å². The molecule has 2 amide bonds. The third kappa shape index (κ3) is 3.90. The number of nitrogens with two attached hydrogens (primary N) is 1. The molecule has 0 unspecified atom stereocenters. The van der Waals surface area contributed by atoms with E-state index in [0.717, 1.165) is 6.07 Å². The van der Waals surface area contributed by atoms with Crippen molar-refractivity contribution in [3.05, 3.63) is 34.3 Å². The van der Waals surface area contributed by atoms with E-state index in [2.05, 4.69) is 10.2 Å². The molecule has 1 aromatic heterocycles. The predicted molar refractivity (Wildman–Crippen MR) is 77.2 cm³/mol. The summed E-state index contributed by atoms with van der Waals surface area (Å²) in [6.45, 7) is 0. The number of H-pyrrole nitrogens is 1. The number of nitrogens with one attached hydrogen (secondary N) is 2. The van der Waals surface area contributed by atoms with Crippen LogP contribution in [0.2, 0.25) is 5.02 Å². The van der Waals surface area contributed by atoms with Gasteiger partial charge in [0.25, 0.3) is 5.91 Å². The van der Waals surface area contributed by atoms with E-state index in [1.165, 1.54) is 5.32 Å². The van der Waals surface area contributed by atoms with Crippen LogP contribution < -0.4 is 11.1 Å². The zero-order chi connectivity index (χ0) is 19.9. The van der Waals surface area contributed by atoms with Crippen molar-refractivity contribution in [3.63, 3.8) is 0 Å². The van der Waals surface area contributed by atoms with Crippen molar-refractivity contribution in [2.24, 2.45) is 5.73 Å². The van der Waals surface area contributed by atoms with Crippen LogP contribution in [0, 0.1) is 0 Å². The molecule has 0 fully saturated rings. The van der Waals surface area contributed by atoms with Crippen molar-refractivity contribution >= 4 is 29.2 Å². The first kappa shape index (κ1) is 19.6. The molecule has 6 nitrogen and oxygen atoms in total. The predicted octanol–water partition coefficient (Wildman–Crippen LogP) is 3.35. The van der Waals surface area contributed by atoms with E-state index in [0.29, 0.717) is 12.1 Å². The second-order valence-electron chi connectivity index (χ2n) is 4.83. The number of primary amides is 1. The Hall–Kier alpha value is -2.76. The van der Waals surface area contributed by atoms with E-state index in [4.69, 9.17) is 17.3 Å². The number of carbonyl (C=O) groups excluding carboxylic acids is 2. The molecule has 0 radical (unpaired) electrons. The molecule has 0 spiro atoms. The van der Waals surface area contributed by atoms with Gasteiger partial charge >= 0.3 is 18.3 Å². The summed E-state index contributed by atoms with van der Waals surface area (Å²) in [5.41, 5.74) is 2.77. The molecule has 26 heavy (non-hydrogen) atoms. The molecule has 2 rings (SSSR count). The van der Waals surface area contributed by atoms with E-state index >= 15 is 0 Å². The molecule has 0 aliphatic carbocycles. The van der Waals surface area contributed by atoms with Crippen LogP contribution in [-0.2, 0) is 11.0 Å². The third-order valence-corrected chi connectivity index (χ3v) is 3.38. The number of anilines is 1. The van der Waals surface area contributed by atoms with Crippen LogP contribution in [0.5, 0.6) is 0 Å². The van der Waals surface area contributed by atoms with Crippen LogP contribution >= 0.6 is 11.6 Å². The number of aromatic nitrogens is 2. The number of hydrogen-bond acceptors (Lipinski definition) is 3. The number of benzene rings is 1. The number of aromatic amines is 1. The highest BCUT2D eigenvalue weighted by Crippen LogP contribution is 2.37. The smallest absolute Gasteiger partial charge is 0.365 e. The largest absolute Gasteiger partial charge is 0.471 e. The Balaban J connectivity index is 2.52. The van der Waals surface area contributed by atoms with E-state index in [1.807, 2.05) is 0 Å². The van der Waals surface area contributed by atoms with Crippen molar-refractivity contribution in [3.8, 4) is 11.3 Å². The molecular weight excluding hydrogens is 394 g/mol. The topological polar surface area (TPSA) is 101 Å². The van der Waals surface area contributed by atoms with Gasteiger partial charge in [-0.3, -0.25) is 14.7 Å². The van der Waals surface area contributed by atoms with E-state index in [-0.39, 0.29) is 11.3 Å². The minimum absolute atomic E-state index is 0.187. The number of halogens is 7. The third-order valence-electron chi connectivity index (χ3n) is 3.07. The summed E-state index contributed by atoms with van der Waals surface area (Å²) < 4.78 is 75.0.